The summed E-state index contributed by atoms with van der Waals surface area (Å²) in [6, 6.07) is 1.98. The molecule has 10 heteroatoms. The molecule has 3 N–H and O–H groups in total. The number of aliphatic hydroxyl groups is 1. The van der Waals surface area contributed by atoms with Crippen LogP contribution in [0.1, 0.15) is 38.1 Å². The number of pyridine rings is 1. The van der Waals surface area contributed by atoms with Crippen LogP contribution in [0.25, 0.3) is 22.1 Å². The first-order valence-electron chi connectivity index (χ1n) is 9.20. The van der Waals surface area contributed by atoms with E-state index in [2.05, 4.69) is 24.7 Å². The van der Waals surface area contributed by atoms with Crippen molar-refractivity contribution in [2.75, 3.05) is 24.6 Å². The van der Waals surface area contributed by atoms with Gasteiger partial charge in [-0.2, -0.15) is 0 Å². The highest BCUT2D eigenvalue weighted by Gasteiger charge is 2.25. The zero-order chi connectivity index (χ0) is 19.0. The number of aliphatic hydroxyl groups excluding tert-OH is 1. The van der Waals surface area contributed by atoms with E-state index in [9.17, 15) is 13.5 Å². The molecular formula is C17H24N6O3S. The Morgan fingerprint density at radius 2 is 2.19 bits per heavy atom. The summed E-state index contributed by atoms with van der Waals surface area (Å²) in [5, 5.41) is 13.5. The Morgan fingerprint density at radius 1 is 1.41 bits per heavy atom. The van der Waals surface area contributed by atoms with Crippen molar-refractivity contribution in [1.82, 2.24) is 24.4 Å². The standard InChI is InChI=1S/C17H24N6O3S/c1-11(24)17-21-14-10-19-16-13(3-6-18-16)15(14)23(17)22-8-4-12(5-9-22)2-7-20-27(25)26/h3,6,10-12,24,27H,2,4-5,7-9H2,1H3,(H,18,19)(H,20,25,26)/t11-/m1/s1. The fourth-order valence-corrected chi connectivity index (χ4v) is 4.21. The van der Waals surface area contributed by atoms with E-state index in [0.717, 1.165) is 54.4 Å². The molecule has 0 unspecified atom stereocenters. The smallest absolute Gasteiger partial charge is 0.201 e. The molecule has 0 spiro atoms. The zero-order valence-corrected chi connectivity index (χ0v) is 16.0. The minimum absolute atomic E-state index is 0.488. The first-order chi connectivity index (χ1) is 13.0. The van der Waals surface area contributed by atoms with Crippen LogP contribution in [0, 0.1) is 5.92 Å². The van der Waals surface area contributed by atoms with Gasteiger partial charge in [-0.1, -0.05) is 0 Å². The molecule has 1 saturated heterocycles. The molecule has 9 nitrogen and oxygen atoms in total. The van der Waals surface area contributed by atoms with Gasteiger partial charge in [-0.25, -0.2) is 27.8 Å². The molecule has 1 aliphatic heterocycles. The maximum absolute atomic E-state index is 10.6. The third kappa shape index (κ3) is 3.52. The Hall–Kier alpha value is -2.17. The molecule has 4 rings (SSSR count). The predicted octanol–water partition coefficient (Wildman–Crippen LogP) is 0.820. The fourth-order valence-electron chi connectivity index (χ4n) is 3.90. The number of hydrogen-bond acceptors (Lipinski definition) is 6. The van der Waals surface area contributed by atoms with Crippen LogP contribution in [-0.4, -0.2) is 52.8 Å². The first-order valence-corrected chi connectivity index (χ1v) is 10.4. The van der Waals surface area contributed by atoms with E-state index >= 15 is 0 Å². The summed E-state index contributed by atoms with van der Waals surface area (Å²) in [5.74, 6) is 1.10. The second-order valence-electron chi connectivity index (χ2n) is 7.04. The number of H-pyrrole nitrogens is 1. The lowest BCUT2D eigenvalue weighted by molar-refractivity contribution is 0.182. The minimum Gasteiger partial charge on any atom is -0.385 e. The van der Waals surface area contributed by atoms with Crippen LogP contribution < -0.4 is 9.73 Å². The van der Waals surface area contributed by atoms with Crippen LogP contribution in [0.4, 0.5) is 0 Å². The molecular weight excluding hydrogens is 368 g/mol. The van der Waals surface area contributed by atoms with Gasteiger partial charge in [0.1, 0.15) is 22.8 Å². The third-order valence-electron chi connectivity index (χ3n) is 5.24. The van der Waals surface area contributed by atoms with Crippen LogP contribution in [0.3, 0.4) is 0 Å². The van der Waals surface area contributed by atoms with Crippen molar-refractivity contribution in [2.24, 2.45) is 5.92 Å². The van der Waals surface area contributed by atoms with E-state index in [-0.39, 0.29) is 0 Å². The van der Waals surface area contributed by atoms with Gasteiger partial charge in [0.2, 0.25) is 10.9 Å². The Kier molecular flexibility index (Phi) is 5.02. The van der Waals surface area contributed by atoms with Gasteiger partial charge in [0.25, 0.3) is 0 Å². The Balaban J connectivity index is 1.61. The van der Waals surface area contributed by atoms with Gasteiger partial charge < -0.3 is 15.1 Å². The lowest BCUT2D eigenvalue weighted by atomic mass is 9.94. The summed E-state index contributed by atoms with van der Waals surface area (Å²) >= 11 is 0. The van der Waals surface area contributed by atoms with Gasteiger partial charge in [0, 0.05) is 31.2 Å². The average Bonchev–Trinajstić information content (AvgIpc) is 3.26. The second-order valence-corrected chi connectivity index (χ2v) is 7.87. The maximum Gasteiger partial charge on any atom is 0.201 e. The van der Waals surface area contributed by atoms with Gasteiger partial charge in [-0.05, 0) is 38.2 Å². The summed E-state index contributed by atoms with van der Waals surface area (Å²) in [7, 11) is -2.52. The molecule has 0 amide bonds. The Labute approximate surface area is 158 Å². The molecule has 0 saturated carbocycles. The number of nitrogens with zero attached hydrogens (tertiary/aromatic N) is 4. The third-order valence-corrected chi connectivity index (χ3v) is 5.73. The van der Waals surface area contributed by atoms with Gasteiger partial charge >= 0.3 is 0 Å². The number of piperidine rings is 1. The number of aromatic nitrogens is 4. The molecule has 1 atom stereocenters. The quantitative estimate of drug-likeness (QED) is 0.462. The summed E-state index contributed by atoms with van der Waals surface area (Å²) in [4.78, 5) is 12.2. The van der Waals surface area contributed by atoms with Crippen molar-refractivity contribution < 1.29 is 13.5 Å². The largest absolute Gasteiger partial charge is 0.385 e. The summed E-state index contributed by atoms with van der Waals surface area (Å²) in [6.45, 7) is 3.87. The molecule has 1 fully saturated rings. The molecule has 3 aromatic rings. The van der Waals surface area contributed by atoms with Crippen molar-refractivity contribution >= 4 is 33.0 Å². The number of rotatable bonds is 6. The average molecular weight is 392 g/mol. The molecule has 146 valence electrons. The molecule has 0 aromatic carbocycles. The normalized spacial score (nSPS) is 17.4. The van der Waals surface area contributed by atoms with E-state index in [1.54, 1.807) is 13.1 Å². The maximum atomic E-state index is 10.6. The molecule has 4 heterocycles. The monoisotopic (exact) mass is 392 g/mol. The number of imidazole rings is 1. The number of aromatic amines is 1. The molecule has 1 aliphatic rings. The number of thiol groups is 1. The lowest BCUT2D eigenvalue weighted by Gasteiger charge is -2.35. The van der Waals surface area contributed by atoms with Crippen LogP contribution in [-0.2, 0) is 10.9 Å². The van der Waals surface area contributed by atoms with E-state index in [1.165, 1.54) is 0 Å². The van der Waals surface area contributed by atoms with E-state index in [1.807, 2.05) is 16.9 Å². The molecule has 0 bridgehead atoms. The number of fused-ring (bicyclic) bond motifs is 3. The van der Waals surface area contributed by atoms with Gasteiger partial charge in [-0.15, -0.1) is 0 Å². The van der Waals surface area contributed by atoms with Crippen LogP contribution >= 0.6 is 0 Å². The highest BCUT2D eigenvalue weighted by Crippen LogP contribution is 2.29. The van der Waals surface area contributed by atoms with Gasteiger partial charge in [0.15, 0.2) is 5.82 Å². The van der Waals surface area contributed by atoms with Crippen molar-refractivity contribution in [3.63, 3.8) is 0 Å². The highest BCUT2D eigenvalue weighted by molar-refractivity contribution is 7.70. The van der Waals surface area contributed by atoms with Crippen LogP contribution in [0.15, 0.2) is 18.5 Å². The first kappa shape index (κ1) is 18.2. The highest BCUT2D eigenvalue weighted by atomic mass is 32.2. The minimum atomic E-state index is -2.52. The van der Waals surface area contributed by atoms with Gasteiger partial charge in [0.05, 0.1) is 6.20 Å². The van der Waals surface area contributed by atoms with Crippen LogP contribution in [0.2, 0.25) is 0 Å². The summed E-state index contributed by atoms with van der Waals surface area (Å²) in [5.41, 5.74) is 2.53. The zero-order valence-electron chi connectivity index (χ0n) is 15.1. The van der Waals surface area contributed by atoms with E-state index < -0.39 is 17.0 Å². The Morgan fingerprint density at radius 3 is 2.89 bits per heavy atom. The second kappa shape index (κ2) is 7.45. The molecule has 0 aliphatic carbocycles. The van der Waals surface area contributed by atoms with Gasteiger partial charge in [-0.3, -0.25) is 0 Å². The van der Waals surface area contributed by atoms with Crippen molar-refractivity contribution in [1.29, 1.82) is 0 Å². The molecule has 27 heavy (non-hydrogen) atoms. The fraction of sp³-hybridized carbons (Fsp3) is 0.529. The lowest BCUT2D eigenvalue weighted by Crippen LogP contribution is -2.43. The number of nitrogens with one attached hydrogen (secondary N) is 2. The van der Waals surface area contributed by atoms with E-state index in [4.69, 9.17) is 0 Å². The van der Waals surface area contributed by atoms with Crippen molar-refractivity contribution in [3.8, 4) is 0 Å². The Bertz CT molecular complexity index is 1010. The topological polar surface area (TPSA) is 116 Å². The van der Waals surface area contributed by atoms with Crippen molar-refractivity contribution in [3.05, 3.63) is 24.3 Å². The summed E-state index contributed by atoms with van der Waals surface area (Å²) in [6.07, 6.45) is 5.68. The summed E-state index contributed by atoms with van der Waals surface area (Å²) < 4.78 is 25.8. The van der Waals surface area contributed by atoms with Crippen molar-refractivity contribution in [2.45, 2.75) is 32.3 Å². The van der Waals surface area contributed by atoms with Crippen LogP contribution in [0.5, 0.6) is 0 Å². The van der Waals surface area contributed by atoms with E-state index in [0.29, 0.717) is 18.3 Å². The SMILES string of the molecule is C[C@@H](O)c1nc2cnc3[nH]ccc3c2n1N1CCC(CCN[SH](=O)=O)CC1. The predicted molar refractivity (Wildman–Crippen MR) is 104 cm³/mol. The number of hydrogen-bond donors (Lipinski definition) is 4. The molecule has 0 radical (unpaired) electrons. The molecule has 3 aromatic heterocycles.